The fourth-order valence-corrected chi connectivity index (χ4v) is 6.19. The Hall–Kier alpha value is -0.626. The lowest BCUT2D eigenvalue weighted by atomic mass is 10.0. The highest BCUT2D eigenvalue weighted by Gasteiger charge is 2.33. The van der Waals surface area contributed by atoms with Crippen LogP contribution in [-0.2, 0) is 8.85 Å². The van der Waals surface area contributed by atoms with Gasteiger partial charge in [0.15, 0.2) is 0 Å². The standard InChI is InChI=1S/C17H33NO2Si2/c1-17(2,3)18(16-11-9-8-10-12-16)13-14-22(7,19-4)20-15-21(5)6/h8-12,21H,13-15H2,1-7H3. The summed E-state index contributed by atoms with van der Waals surface area (Å²) in [5.41, 5.74) is 1.35. The highest BCUT2D eigenvalue weighted by Crippen LogP contribution is 2.25. The first-order valence-corrected chi connectivity index (χ1v) is 13.8. The van der Waals surface area contributed by atoms with E-state index in [4.69, 9.17) is 8.85 Å². The van der Waals surface area contributed by atoms with Gasteiger partial charge in [0.05, 0.1) is 8.80 Å². The fourth-order valence-electron chi connectivity index (χ4n) is 2.35. The minimum atomic E-state index is -2.07. The average Bonchev–Trinajstić information content (AvgIpc) is 2.45. The second kappa shape index (κ2) is 8.29. The van der Waals surface area contributed by atoms with Crippen molar-refractivity contribution in [1.29, 1.82) is 0 Å². The van der Waals surface area contributed by atoms with Crippen molar-refractivity contribution in [2.45, 2.75) is 52.0 Å². The van der Waals surface area contributed by atoms with Gasteiger partial charge in [-0.15, -0.1) is 0 Å². The molecule has 1 aromatic carbocycles. The molecule has 0 aliphatic carbocycles. The maximum atomic E-state index is 6.19. The van der Waals surface area contributed by atoms with Gasteiger partial charge in [-0.3, -0.25) is 0 Å². The number of anilines is 1. The zero-order chi connectivity index (χ0) is 16.8. The van der Waals surface area contributed by atoms with E-state index in [9.17, 15) is 0 Å². The molecule has 126 valence electrons. The molecule has 0 bridgehead atoms. The van der Waals surface area contributed by atoms with Crippen LogP contribution in [0, 0.1) is 0 Å². The highest BCUT2D eigenvalue weighted by atomic mass is 28.4. The van der Waals surface area contributed by atoms with Crippen molar-refractivity contribution in [2.24, 2.45) is 0 Å². The molecule has 0 saturated heterocycles. The van der Waals surface area contributed by atoms with Gasteiger partial charge in [-0.25, -0.2) is 0 Å². The molecule has 0 radical (unpaired) electrons. The van der Waals surface area contributed by atoms with Crippen molar-refractivity contribution >= 4 is 23.0 Å². The third-order valence-electron chi connectivity index (χ3n) is 3.82. The predicted molar refractivity (Wildman–Crippen MR) is 102 cm³/mol. The molecule has 1 aromatic rings. The molecule has 5 heteroatoms. The van der Waals surface area contributed by atoms with Crippen LogP contribution in [0.2, 0.25) is 25.7 Å². The van der Waals surface area contributed by atoms with Crippen LogP contribution in [0.15, 0.2) is 30.3 Å². The van der Waals surface area contributed by atoms with Gasteiger partial charge < -0.3 is 13.8 Å². The van der Waals surface area contributed by atoms with Crippen molar-refractivity contribution in [3.63, 3.8) is 0 Å². The SMILES string of the molecule is CO[Si](C)(CCN(c1ccccc1)C(C)(C)C)OC[SiH](C)C. The zero-order valence-electron chi connectivity index (χ0n) is 15.3. The van der Waals surface area contributed by atoms with Crippen molar-refractivity contribution in [1.82, 2.24) is 0 Å². The minimum absolute atomic E-state index is 0.0806. The molecule has 0 aliphatic heterocycles. The van der Waals surface area contributed by atoms with Crippen molar-refractivity contribution < 1.29 is 8.85 Å². The summed E-state index contributed by atoms with van der Waals surface area (Å²) in [6.07, 6.45) is 0.914. The third kappa shape index (κ3) is 6.24. The maximum Gasteiger partial charge on any atom is 0.336 e. The molecule has 22 heavy (non-hydrogen) atoms. The molecule has 1 unspecified atom stereocenters. The highest BCUT2D eigenvalue weighted by molar-refractivity contribution is 6.67. The Morgan fingerprint density at radius 1 is 1.14 bits per heavy atom. The quantitative estimate of drug-likeness (QED) is 0.667. The summed E-state index contributed by atoms with van der Waals surface area (Å²) in [4.78, 5) is 2.45. The molecule has 0 N–H and O–H groups in total. The number of hydrogen-bond acceptors (Lipinski definition) is 3. The summed E-state index contributed by atoms with van der Waals surface area (Å²) >= 11 is 0. The second-order valence-corrected chi connectivity index (χ2v) is 14.0. The third-order valence-corrected chi connectivity index (χ3v) is 7.76. The molecule has 1 atom stereocenters. The van der Waals surface area contributed by atoms with Crippen LogP contribution in [0.25, 0.3) is 0 Å². The smallest absolute Gasteiger partial charge is 0.336 e. The predicted octanol–water partition coefficient (Wildman–Crippen LogP) is 4.05. The second-order valence-electron chi connectivity index (χ2n) is 7.45. The summed E-state index contributed by atoms with van der Waals surface area (Å²) in [5.74, 6) is 0. The van der Waals surface area contributed by atoms with E-state index >= 15 is 0 Å². The molecule has 0 heterocycles. The molecule has 0 aromatic heterocycles. The largest absolute Gasteiger partial charge is 0.398 e. The minimum Gasteiger partial charge on any atom is -0.398 e. The van der Waals surface area contributed by atoms with Crippen molar-refractivity contribution in [3.05, 3.63) is 30.3 Å². The fraction of sp³-hybridized carbons (Fsp3) is 0.647. The van der Waals surface area contributed by atoms with Crippen molar-refractivity contribution in [3.8, 4) is 0 Å². The number of para-hydroxylation sites is 1. The molecule has 1 rings (SSSR count). The van der Waals surface area contributed by atoms with Crippen LogP contribution >= 0.6 is 0 Å². The van der Waals surface area contributed by atoms with Gasteiger partial charge in [-0.05, 0) is 39.5 Å². The molecule has 3 nitrogen and oxygen atoms in total. The van der Waals surface area contributed by atoms with E-state index in [1.165, 1.54) is 5.69 Å². The van der Waals surface area contributed by atoms with Gasteiger partial charge in [0.25, 0.3) is 0 Å². The number of nitrogens with zero attached hydrogens (tertiary/aromatic N) is 1. The number of rotatable bonds is 8. The Balaban J connectivity index is 2.78. The Morgan fingerprint density at radius 3 is 2.18 bits per heavy atom. The molecule has 0 amide bonds. The van der Waals surface area contributed by atoms with Gasteiger partial charge in [0, 0.05) is 37.2 Å². The van der Waals surface area contributed by atoms with Crippen LogP contribution < -0.4 is 4.90 Å². The van der Waals surface area contributed by atoms with Crippen LogP contribution in [0.1, 0.15) is 20.8 Å². The van der Waals surface area contributed by atoms with Gasteiger partial charge in [0.2, 0.25) is 0 Å². The number of benzene rings is 1. The van der Waals surface area contributed by atoms with Crippen LogP contribution in [0.4, 0.5) is 5.69 Å². The van der Waals surface area contributed by atoms with E-state index in [0.29, 0.717) is 0 Å². The van der Waals surface area contributed by atoms with E-state index in [1.54, 1.807) is 7.11 Å². The number of hydrogen-bond donors (Lipinski definition) is 0. The van der Waals surface area contributed by atoms with Crippen molar-refractivity contribution in [2.75, 3.05) is 24.8 Å². The normalized spacial score (nSPS) is 14.9. The van der Waals surface area contributed by atoms with Gasteiger partial charge in [-0.1, -0.05) is 31.3 Å². The monoisotopic (exact) mass is 339 g/mol. The van der Waals surface area contributed by atoms with E-state index in [0.717, 1.165) is 18.8 Å². The Labute approximate surface area is 139 Å². The average molecular weight is 340 g/mol. The van der Waals surface area contributed by atoms with Crippen LogP contribution in [-0.4, -0.2) is 42.8 Å². The first-order valence-electron chi connectivity index (χ1n) is 8.20. The summed E-state index contributed by atoms with van der Waals surface area (Å²) < 4.78 is 12.0. The first kappa shape index (κ1) is 19.4. The van der Waals surface area contributed by atoms with E-state index in [1.807, 2.05) is 0 Å². The lowest BCUT2D eigenvalue weighted by Crippen LogP contribution is -2.47. The summed E-state index contributed by atoms with van der Waals surface area (Å²) in [6, 6.07) is 11.6. The lowest BCUT2D eigenvalue weighted by Gasteiger charge is -2.39. The first-order chi connectivity index (χ1) is 10.2. The van der Waals surface area contributed by atoms with Gasteiger partial charge in [0.1, 0.15) is 0 Å². The molecule has 0 saturated carbocycles. The van der Waals surface area contributed by atoms with Crippen LogP contribution in [0.5, 0.6) is 0 Å². The molecular formula is C17H33NO2Si2. The van der Waals surface area contributed by atoms with E-state index in [-0.39, 0.29) is 5.54 Å². The Kier molecular flexibility index (Phi) is 7.32. The molecule has 0 spiro atoms. The van der Waals surface area contributed by atoms with Gasteiger partial charge >= 0.3 is 8.56 Å². The van der Waals surface area contributed by atoms with E-state index in [2.05, 4.69) is 75.6 Å². The Morgan fingerprint density at radius 2 is 1.73 bits per heavy atom. The summed E-state index contributed by atoms with van der Waals surface area (Å²) in [7, 11) is -0.972. The topological polar surface area (TPSA) is 21.7 Å². The molecular weight excluding hydrogens is 306 g/mol. The zero-order valence-corrected chi connectivity index (χ0v) is 17.5. The Bertz CT molecular complexity index is 434. The molecule has 0 aliphatic rings. The lowest BCUT2D eigenvalue weighted by molar-refractivity contribution is 0.234. The van der Waals surface area contributed by atoms with Gasteiger partial charge in [-0.2, -0.15) is 0 Å². The summed E-state index contributed by atoms with van der Waals surface area (Å²) in [5, 5.41) is 0. The summed E-state index contributed by atoms with van der Waals surface area (Å²) in [6.45, 7) is 14.6. The van der Waals surface area contributed by atoms with Crippen LogP contribution in [0.3, 0.4) is 0 Å². The molecule has 0 fully saturated rings. The van der Waals surface area contributed by atoms with E-state index < -0.39 is 17.4 Å². The maximum absolute atomic E-state index is 6.19.